The van der Waals surface area contributed by atoms with Crippen LogP contribution in [0.5, 0.6) is 0 Å². The van der Waals surface area contributed by atoms with E-state index >= 15 is 0 Å². The molecule has 25 heavy (non-hydrogen) atoms. The van der Waals surface area contributed by atoms with Crippen molar-refractivity contribution in [2.45, 2.75) is 30.4 Å². The van der Waals surface area contributed by atoms with Crippen LogP contribution >= 0.6 is 11.3 Å². The van der Waals surface area contributed by atoms with E-state index in [1.165, 1.54) is 10.4 Å². The van der Waals surface area contributed by atoms with Gasteiger partial charge in [0.2, 0.25) is 0 Å². The molecule has 1 amide bonds. The van der Waals surface area contributed by atoms with Gasteiger partial charge >= 0.3 is 0 Å². The summed E-state index contributed by atoms with van der Waals surface area (Å²) >= 11 is 1.03. The second-order valence-corrected chi connectivity index (χ2v) is 9.54. The molecular formula is C17H22N2O4S2. The predicted molar refractivity (Wildman–Crippen MR) is 96.2 cm³/mol. The van der Waals surface area contributed by atoms with E-state index in [1.54, 1.807) is 18.4 Å². The molecule has 1 fully saturated rings. The Morgan fingerprint density at radius 2 is 2.08 bits per heavy atom. The summed E-state index contributed by atoms with van der Waals surface area (Å²) in [7, 11) is -3.50. The molecule has 0 bridgehead atoms. The fourth-order valence-corrected chi connectivity index (χ4v) is 5.62. The van der Waals surface area contributed by atoms with Gasteiger partial charge in [-0.15, -0.1) is 11.3 Å². The standard InChI is InChI=1S/C17H22N2O4S2/c1-13-7-10-19(11-8-13)25(21,22)16-5-4-15(24-16)17(20)18-9-6-14-3-2-12-23-14/h2-5,12-13H,6-11H2,1H3,(H,18,20). The molecule has 1 saturated heterocycles. The maximum absolute atomic E-state index is 12.7. The van der Waals surface area contributed by atoms with E-state index < -0.39 is 10.0 Å². The summed E-state index contributed by atoms with van der Waals surface area (Å²) in [5.41, 5.74) is 0. The van der Waals surface area contributed by atoms with Gasteiger partial charge < -0.3 is 9.73 Å². The molecule has 0 unspecified atom stereocenters. The predicted octanol–water partition coefficient (Wildman–Crippen LogP) is 2.73. The molecule has 0 radical (unpaired) electrons. The van der Waals surface area contributed by atoms with Gasteiger partial charge in [0.15, 0.2) is 0 Å². The Balaban J connectivity index is 1.60. The van der Waals surface area contributed by atoms with Gasteiger partial charge in [-0.1, -0.05) is 6.92 Å². The zero-order valence-corrected chi connectivity index (χ0v) is 15.7. The van der Waals surface area contributed by atoms with E-state index in [0.29, 0.717) is 36.9 Å². The van der Waals surface area contributed by atoms with Crippen LogP contribution < -0.4 is 5.32 Å². The quantitative estimate of drug-likeness (QED) is 0.833. The summed E-state index contributed by atoms with van der Waals surface area (Å²) in [5.74, 6) is 1.10. The smallest absolute Gasteiger partial charge is 0.261 e. The summed E-state index contributed by atoms with van der Waals surface area (Å²) in [4.78, 5) is 12.6. The molecule has 2 aromatic heterocycles. The number of sulfonamides is 1. The van der Waals surface area contributed by atoms with Crippen LogP contribution in [-0.4, -0.2) is 38.3 Å². The SMILES string of the molecule is CC1CCN(S(=O)(=O)c2ccc(C(=O)NCCc3ccco3)s2)CC1. The summed E-state index contributed by atoms with van der Waals surface area (Å²) in [6.07, 6.45) is 3.95. The zero-order chi connectivity index (χ0) is 17.9. The van der Waals surface area contributed by atoms with Crippen molar-refractivity contribution in [3.63, 3.8) is 0 Å². The lowest BCUT2D eigenvalue weighted by Crippen LogP contribution is -2.37. The van der Waals surface area contributed by atoms with Crippen LogP contribution in [0, 0.1) is 5.92 Å². The number of nitrogens with one attached hydrogen (secondary N) is 1. The Kier molecular flexibility index (Phi) is 5.61. The minimum absolute atomic E-state index is 0.234. The number of piperidine rings is 1. The van der Waals surface area contributed by atoms with Gasteiger partial charge in [-0.05, 0) is 43.0 Å². The molecule has 2 aromatic rings. The minimum atomic E-state index is -3.50. The van der Waals surface area contributed by atoms with Gasteiger partial charge in [-0.3, -0.25) is 4.79 Å². The summed E-state index contributed by atoms with van der Waals surface area (Å²) < 4.78 is 32.4. The molecule has 0 atom stereocenters. The van der Waals surface area contributed by atoms with Crippen LogP contribution in [-0.2, 0) is 16.4 Å². The number of hydrogen-bond donors (Lipinski definition) is 1. The molecule has 0 saturated carbocycles. The molecule has 3 rings (SSSR count). The first kappa shape index (κ1) is 18.2. The molecule has 136 valence electrons. The monoisotopic (exact) mass is 382 g/mol. The highest BCUT2D eigenvalue weighted by Gasteiger charge is 2.29. The normalized spacial score (nSPS) is 16.8. The zero-order valence-electron chi connectivity index (χ0n) is 14.1. The number of hydrogen-bond acceptors (Lipinski definition) is 5. The Morgan fingerprint density at radius 1 is 1.32 bits per heavy atom. The number of amides is 1. The number of furan rings is 1. The Morgan fingerprint density at radius 3 is 2.76 bits per heavy atom. The van der Waals surface area contributed by atoms with Gasteiger partial charge in [-0.25, -0.2) is 8.42 Å². The molecule has 0 spiro atoms. The average molecular weight is 383 g/mol. The minimum Gasteiger partial charge on any atom is -0.469 e. The number of thiophene rings is 1. The van der Waals surface area contributed by atoms with Gasteiger partial charge in [0.05, 0.1) is 11.1 Å². The first-order valence-electron chi connectivity index (χ1n) is 8.37. The van der Waals surface area contributed by atoms with Crippen LogP contribution in [0.3, 0.4) is 0 Å². The third kappa shape index (κ3) is 4.31. The van der Waals surface area contributed by atoms with E-state index in [1.807, 2.05) is 6.07 Å². The highest BCUT2D eigenvalue weighted by Crippen LogP contribution is 2.28. The lowest BCUT2D eigenvalue weighted by atomic mass is 10.0. The lowest BCUT2D eigenvalue weighted by Gasteiger charge is -2.28. The Bertz CT molecular complexity index is 804. The fraction of sp³-hybridized carbons (Fsp3) is 0.471. The van der Waals surface area contributed by atoms with Gasteiger partial charge in [0, 0.05) is 26.1 Å². The molecular weight excluding hydrogens is 360 g/mol. The van der Waals surface area contributed by atoms with Crippen LogP contribution in [0.15, 0.2) is 39.2 Å². The average Bonchev–Trinajstić information content (AvgIpc) is 3.27. The molecule has 6 nitrogen and oxygen atoms in total. The van der Waals surface area contributed by atoms with Crippen LogP contribution in [0.2, 0.25) is 0 Å². The first-order chi connectivity index (χ1) is 12.0. The van der Waals surface area contributed by atoms with Crippen molar-refractivity contribution in [2.75, 3.05) is 19.6 Å². The number of carbonyl (C=O) groups is 1. The lowest BCUT2D eigenvalue weighted by molar-refractivity contribution is 0.0957. The third-order valence-electron chi connectivity index (χ3n) is 4.38. The van der Waals surface area contributed by atoms with E-state index in [9.17, 15) is 13.2 Å². The fourth-order valence-electron chi connectivity index (χ4n) is 2.77. The second kappa shape index (κ2) is 7.72. The summed E-state index contributed by atoms with van der Waals surface area (Å²) in [6, 6.07) is 6.75. The third-order valence-corrected chi connectivity index (χ3v) is 7.83. The number of rotatable bonds is 6. The highest BCUT2D eigenvalue weighted by atomic mass is 32.2. The van der Waals surface area contributed by atoms with Crippen LogP contribution in [0.25, 0.3) is 0 Å². The molecule has 1 aliphatic rings. The van der Waals surface area contributed by atoms with E-state index in [2.05, 4.69) is 12.2 Å². The molecule has 8 heteroatoms. The molecule has 0 aromatic carbocycles. The Labute approximate surface area is 151 Å². The van der Waals surface area contributed by atoms with Crippen molar-refractivity contribution < 1.29 is 17.6 Å². The highest BCUT2D eigenvalue weighted by molar-refractivity contribution is 7.91. The largest absolute Gasteiger partial charge is 0.469 e. The maximum atomic E-state index is 12.7. The second-order valence-electron chi connectivity index (χ2n) is 6.29. The topological polar surface area (TPSA) is 79.6 Å². The molecule has 3 heterocycles. The summed E-state index contributed by atoms with van der Waals surface area (Å²) in [6.45, 7) is 3.68. The Hall–Kier alpha value is -1.64. The first-order valence-corrected chi connectivity index (χ1v) is 10.6. The van der Waals surface area contributed by atoms with Crippen molar-refractivity contribution in [3.8, 4) is 0 Å². The number of nitrogens with zero attached hydrogens (tertiary/aromatic N) is 1. The van der Waals surface area contributed by atoms with E-state index in [-0.39, 0.29) is 10.1 Å². The van der Waals surface area contributed by atoms with Crippen molar-refractivity contribution >= 4 is 27.3 Å². The maximum Gasteiger partial charge on any atom is 0.261 e. The molecule has 0 aliphatic carbocycles. The van der Waals surface area contributed by atoms with Gasteiger partial charge in [-0.2, -0.15) is 4.31 Å². The van der Waals surface area contributed by atoms with E-state index in [0.717, 1.165) is 29.9 Å². The van der Waals surface area contributed by atoms with Crippen molar-refractivity contribution in [2.24, 2.45) is 5.92 Å². The van der Waals surface area contributed by atoms with Crippen molar-refractivity contribution in [1.29, 1.82) is 0 Å². The van der Waals surface area contributed by atoms with Gasteiger partial charge in [0.25, 0.3) is 15.9 Å². The van der Waals surface area contributed by atoms with E-state index in [4.69, 9.17) is 4.42 Å². The van der Waals surface area contributed by atoms with Gasteiger partial charge in [0.1, 0.15) is 9.97 Å². The number of carbonyl (C=O) groups excluding carboxylic acids is 1. The molecule has 1 N–H and O–H groups in total. The van der Waals surface area contributed by atoms with Crippen LogP contribution in [0.1, 0.15) is 35.2 Å². The molecule has 1 aliphatic heterocycles. The summed E-state index contributed by atoms with van der Waals surface area (Å²) in [5, 5.41) is 2.79. The van der Waals surface area contributed by atoms with Crippen LogP contribution in [0.4, 0.5) is 0 Å². The van der Waals surface area contributed by atoms with Crippen molar-refractivity contribution in [1.82, 2.24) is 9.62 Å². The van der Waals surface area contributed by atoms with Crippen molar-refractivity contribution in [3.05, 3.63) is 41.2 Å².